The SMILES string of the molecule is COC1CCC(C(=O)N[C@H](Cc2ccsc2)c2nc(C)cs2)CC1. The zero-order chi connectivity index (χ0) is 16.9. The molecule has 0 saturated heterocycles. The van der Waals surface area contributed by atoms with E-state index in [-0.39, 0.29) is 17.9 Å². The van der Waals surface area contributed by atoms with Gasteiger partial charge in [0.05, 0.1) is 12.1 Å². The van der Waals surface area contributed by atoms with Crippen molar-refractivity contribution in [2.75, 3.05) is 7.11 Å². The highest BCUT2D eigenvalue weighted by atomic mass is 32.1. The number of ether oxygens (including phenoxy) is 1. The highest BCUT2D eigenvalue weighted by molar-refractivity contribution is 7.09. The molecular weight excluding hydrogens is 340 g/mol. The zero-order valence-corrected chi connectivity index (χ0v) is 15.8. The number of aromatic nitrogens is 1. The Balaban J connectivity index is 1.66. The van der Waals surface area contributed by atoms with Crippen molar-refractivity contribution in [1.82, 2.24) is 10.3 Å². The molecule has 0 unspecified atom stereocenters. The molecule has 1 fully saturated rings. The molecule has 1 N–H and O–H groups in total. The number of nitrogens with zero attached hydrogens (tertiary/aromatic N) is 1. The van der Waals surface area contributed by atoms with E-state index < -0.39 is 0 Å². The number of hydrogen-bond donors (Lipinski definition) is 1. The van der Waals surface area contributed by atoms with Crippen LogP contribution < -0.4 is 5.32 Å². The monoisotopic (exact) mass is 364 g/mol. The first-order chi connectivity index (χ1) is 11.7. The molecule has 3 rings (SSSR count). The van der Waals surface area contributed by atoms with E-state index in [0.29, 0.717) is 6.10 Å². The van der Waals surface area contributed by atoms with Gasteiger partial charge in [-0.2, -0.15) is 11.3 Å². The Kier molecular flexibility index (Phi) is 6.03. The molecule has 0 aromatic carbocycles. The van der Waals surface area contributed by atoms with Gasteiger partial charge in [0, 0.05) is 30.5 Å². The standard InChI is InChI=1S/C18H24N2O2S2/c1-12-10-24-18(19-12)16(9-13-7-8-23-11-13)20-17(21)14-3-5-15(22-2)6-4-14/h7-8,10-11,14-16H,3-6,9H2,1-2H3,(H,20,21)/t14?,15?,16-/m1/s1. The van der Waals surface area contributed by atoms with Gasteiger partial charge in [0.2, 0.25) is 5.91 Å². The summed E-state index contributed by atoms with van der Waals surface area (Å²) in [5.41, 5.74) is 2.27. The number of carbonyl (C=O) groups is 1. The van der Waals surface area contributed by atoms with Crippen molar-refractivity contribution in [3.05, 3.63) is 38.5 Å². The van der Waals surface area contributed by atoms with Crippen LogP contribution in [-0.4, -0.2) is 24.1 Å². The first kappa shape index (κ1) is 17.6. The van der Waals surface area contributed by atoms with Crippen LogP contribution in [0.25, 0.3) is 0 Å². The van der Waals surface area contributed by atoms with Crippen LogP contribution in [0.15, 0.2) is 22.2 Å². The molecule has 6 heteroatoms. The van der Waals surface area contributed by atoms with Crippen LogP contribution in [0.3, 0.4) is 0 Å². The van der Waals surface area contributed by atoms with Crippen molar-refractivity contribution in [1.29, 1.82) is 0 Å². The Morgan fingerprint density at radius 1 is 1.38 bits per heavy atom. The van der Waals surface area contributed by atoms with Gasteiger partial charge < -0.3 is 10.1 Å². The molecular formula is C18H24N2O2S2. The highest BCUT2D eigenvalue weighted by Gasteiger charge is 2.28. The minimum Gasteiger partial charge on any atom is -0.381 e. The van der Waals surface area contributed by atoms with Crippen molar-refractivity contribution in [2.24, 2.45) is 5.92 Å². The fourth-order valence-electron chi connectivity index (χ4n) is 3.23. The van der Waals surface area contributed by atoms with Gasteiger partial charge in [-0.05, 0) is 55.0 Å². The van der Waals surface area contributed by atoms with Crippen LogP contribution in [0.5, 0.6) is 0 Å². The van der Waals surface area contributed by atoms with E-state index in [0.717, 1.165) is 42.8 Å². The lowest BCUT2D eigenvalue weighted by Gasteiger charge is -2.28. The van der Waals surface area contributed by atoms with E-state index in [4.69, 9.17) is 4.74 Å². The van der Waals surface area contributed by atoms with Crippen molar-refractivity contribution in [3.8, 4) is 0 Å². The maximum atomic E-state index is 12.7. The largest absolute Gasteiger partial charge is 0.381 e. The number of thiazole rings is 1. The average molecular weight is 365 g/mol. The van der Waals surface area contributed by atoms with Crippen molar-refractivity contribution < 1.29 is 9.53 Å². The number of amides is 1. The highest BCUT2D eigenvalue weighted by Crippen LogP contribution is 2.28. The van der Waals surface area contributed by atoms with E-state index in [1.165, 1.54) is 5.56 Å². The third-order valence-corrected chi connectivity index (χ3v) is 6.46. The lowest BCUT2D eigenvalue weighted by molar-refractivity contribution is -0.127. The first-order valence-electron chi connectivity index (χ1n) is 8.42. The minimum atomic E-state index is -0.0362. The summed E-state index contributed by atoms with van der Waals surface area (Å²) in [7, 11) is 1.76. The smallest absolute Gasteiger partial charge is 0.223 e. The Bertz CT molecular complexity index is 646. The Morgan fingerprint density at radius 2 is 2.17 bits per heavy atom. The summed E-state index contributed by atoms with van der Waals surface area (Å²) < 4.78 is 5.40. The van der Waals surface area contributed by atoms with Crippen molar-refractivity contribution >= 4 is 28.6 Å². The lowest BCUT2D eigenvalue weighted by Crippen LogP contribution is -2.37. The quantitative estimate of drug-likeness (QED) is 0.839. The maximum absolute atomic E-state index is 12.7. The molecule has 1 amide bonds. The topological polar surface area (TPSA) is 51.2 Å². The third kappa shape index (κ3) is 4.43. The third-order valence-electron chi connectivity index (χ3n) is 4.65. The summed E-state index contributed by atoms with van der Waals surface area (Å²) in [6, 6.07) is 2.08. The number of methoxy groups -OCH3 is 1. The second-order valence-electron chi connectivity index (χ2n) is 6.43. The Hall–Kier alpha value is -1.24. The van der Waals surface area contributed by atoms with Crippen molar-refractivity contribution in [3.63, 3.8) is 0 Å². The second kappa shape index (κ2) is 8.23. The molecule has 2 aromatic rings. The lowest BCUT2D eigenvalue weighted by atomic mass is 9.86. The fourth-order valence-corrected chi connectivity index (χ4v) is 4.76. The van der Waals surface area contributed by atoms with Gasteiger partial charge in [0.25, 0.3) is 0 Å². The number of nitrogens with one attached hydrogen (secondary N) is 1. The van der Waals surface area contributed by atoms with Crippen LogP contribution in [0.1, 0.15) is 48.0 Å². The predicted octanol–water partition coefficient (Wildman–Crippen LogP) is 4.12. The molecule has 1 aliphatic rings. The minimum absolute atomic E-state index is 0.0362. The summed E-state index contributed by atoms with van der Waals surface area (Å²) in [6.07, 6.45) is 4.88. The average Bonchev–Trinajstić information content (AvgIpc) is 3.26. The molecule has 2 aromatic heterocycles. The fraction of sp³-hybridized carbons (Fsp3) is 0.556. The van der Waals surface area contributed by atoms with Crippen molar-refractivity contribution in [2.45, 2.75) is 51.2 Å². The molecule has 0 radical (unpaired) electrons. The second-order valence-corrected chi connectivity index (χ2v) is 8.10. The molecule has 1 saturated carbocycles. The van der Waals surface area contributed by atoms with E-state index in [9.17, 15) is 4.79 Å². The summed E-state index contributed by atoms with van der Waals surface area (Å²) in [6.45, 7) is 2.00. The normalized spacial score (nSPS) is 22.2. The molecule has 130 valence electrons. The van der Waals surface area contributed by atoms with Gasteiger partial charge in [0.1, 0.15) is 5.01 Å². The molecule has 0 bridgehead atoms. The van der Waals surface area contributed by atoms with Crippen LogP contribution in [-0.2, 0) is 16.0 Å². The number of carbonyl (C=O) groups excluding carboxylic acids is 1. The molecule has 2 heterocycles. The number of rotatable bonds is 6. The molecule has 1 aliphatic carbocycles. The molecule has 0 spiro atoms. The summed E-state index contributed by atoms with van der Waals surface area (Å²) >= 11 is 3.32. The van der Waals surface area contributed by atoms with E-state index >= 15 is 0 Å². The Labute approximate surface area is 151 Å². The van der Waals surface area contributed by atoms with Crippen LogP contribution in [0, 0.1) is 12.8 Å². The molecule has 0 aliphatic heterocycles. The molecule has 4 nitrogen and oxygen atoms in total. The summed E-state index contributed by atoms with van der Waals surface area (Å²) in [5, 5.41) is 10.5. The molecule has 24 heavy (non-hydrogen) atoms. The zero-order valence-electron chi connectivity index (χ0n) is 14.2. The molecule has 1 atom stereocenters. The number of aryl methyl sites for hydroxylation is 1. The van der Waals surface area contributed by atoms with E-state index in [1.807, 2.05) is 12.3 Å². The Morgan fingerprint density at radius 3 is 2.75 bits per heavy atom. The predicted molar refractivity (Wildman–Crippen MR) is 98.5 cm³/mol. The number of hydrogen-bond acceptors (Lipinski definition) is 5. The van der Waals surface area contributed by atoms with Crippen LogP contribution in [0.2, 0.25) is 0 Å². The summed E-state index contributed by atoms with van der Waals surface area (Å²) in [4.78, 5) is 17.3. The van der Waals surface area contributed by atoms with Crippen LogP contribution in [0.4, 0.5) is 0 Å². The number of thiophene rings is 1. The van der Waals surface area contributed by atoms with Crippen LogP contribution >= 0.6 is 22.7 Å². The van der Waals surface area contributed by atoms with Gasteiger partial charge in [0.15, 0.2) is 0 Å². The van der Waals surface area contributed by atoms with Gasteiger partial charge in [-0.3, -0.25) is 4.79 Å². The van der Waals surface area contributed by atoms with E-state index in [2.05, 4.69) is 27.1 Å². The summed E-state index contributed by atoms with van der Waals surface area (Å²) in [5.74, 6) is 0.264. The van der Waals surface area contributed by atoms with E-state index in [1.54, 1.807) is 29.8 Å². The maximum Gasteiger partial charge on any atom is 0.223 e. The van der Waals surface area contributed by atoms with Gasteiger partial charge in [-0.15, -0.1) is 11.3 Å². The van der Waals surface area contributed by atoms with Gasteiger partial charge in [-0.1, -0.05) is 0 Å². The first-order valence-corrected chi connectivity index (χ1v) is 10.2. The van der Waals surface area contributed by atoms with Gasteiger partial charge in [-0.25, -0.2) is 4.98 Å². The van der Waals surface area contributed by atoms with Gasteiger partial charge >= 0.3 is 0 Å².